The second kappa shape index (κ2) is 7.05. The van der Waals surface area contributed by atoms with E-state index in [1.54, 1.807) is 19.4 Å². The van der Waals surface area contributed by atoms with Crippen molar-refractivity contribution in [3.63, 3.8) is 0 Å². The number of hydrogen-bond donors (Lipinski definition) is 1. The number of carboxylic acids is 1. The number of aliphatic carboxylic acids is 1. The van der Waals surface area contributed by atoms with Crippen molar-refractivity contribution in [1.82, 2.24) is 4.98 Å². The van der Waals surface area contributed by atoms with Crippen LogP contribution in [0.5, 0.6) is 5.75 Å². The van der Waals surface area contributed by atoms with Gasteiger partial charge in [-0.25, -0.2) is 4.79 Å². The molecule has 1 N–H and O–H groups in total. The number of rotatable bonds is 5. The highest BCUT2D eigenvalue weighted by atomic mass is 16.5. The van der Waals surface area contributed by atoms with E-state index in [-0.39, 0.29) is 12.2 Å². The number of carbonyl (C=O) groups is 1. The minimum absolute atomic E-state index is 0.163. The van der Waals surface area contributed by atoms with Crippen LogP contribution in [-0.2, 0) is 9.53 Å². The number of nitrogens with zero attached hydrogens (tertiary/aromatic N) is 1. The van der Waals surface area contributed by atoms with Gasteiger partial charge in [-0.15, -0.1) is 0 Å². The van der Waals surface area contributed by atoms with E-state index in [1.165, 1.54) is 6.08 Å². The summed E-state index contributed by atoms with van der Waals surface area (Å²) in [5.74, 6) is -0.279. The molecule has 0 aliphatic heterocycles. The predicted molar refractivity (Wildman–Crippen MR) is 74.6 cm³/mol. The average molecular weight is 277 g/mol. The summed E-state index contributed by atoms with van der Waals surface area (Å²) in [6.45, 7) is 0. The van der Waals surface area contributed by atoms with Crippen LogP contribution in [0.3, 0.4) is 0 Å². The Kier molecular flexibility index (Phi) is 5.12. The minimum Gasteiger partial charge on any atom is -0.489 e. The summed E-state index contributed by atoms with van der Waals surface area (Å²) in [4.78, 5) is 14.6. The first kappa shape index (κ1) is 14.5. The smallest absolute Gasteiger partial charge is 0.328 e. The second-order valence-electron chi connectivity index (χ2n) is 4.85. The fourth-order valence-corrected chi connectivity index (χ4v) is 2.33. The Labute approximate surface area is 118 Å². The van der Waals surface area contributed by atoms with Gasteiger partial charge >= 0.3 is 5.97 Å². The van der Waals surface area contributed by atoms with Crippen LogP contribution in [-0.4, -0.2) is 35.4 Å². The molecule has 1 fully saturated rings. The third-order valence-electron chi connectivity index (χ3n) is 3.37. The van der Waals surface area contributed by atoms with E-state index in [0.29, 0.717) is 11.4 Å². The molecule has 1 saturated carbocycles. The molecular weight excluding hydrogens is 258 g/mol. The first-order chi connectivity index (χ1) is 9.67. The van der Waals surface area contributed by atoms with Gasteiger partial charge in [0.05, 0.1) is 18.0 Å². The number of ether oxygens (including phenoxy) is 2. The van der Waals surface area contributed by atoms with Crippen LogP contribution in [0.1, 0.15) is 31.4 Å². The first-order valence-corrected chi connectivity index (χ1v) is 6.74. The van der Waals surface area contributed by atoms with Gasteiger partial charge in [0.25, 0.3) is 0 Å². The summed E-state index contributed by atoms with van der Waals surface area (Å²) in [5, 5.41) is 8.54. The van der Waals surface area contributed by atoms with Crippen molar-refractivity contribution in [2.24, 2.45) is 0 Å². The molecule has 0 amide bonds. The Morgan fingerprint density at radius 1 is 1.40 bits per heavy atom. The number of methoxy groups -OCH3 is 1. The van der Waals surface area contributed by atoms with Gasteiger partial charge in [-0.2, -0.15) is 0 Å². The van der Waals surface area contributed by atoms with Crippen molar-refractivity contribution in [3.8, 4) is 5.75 Å². The fraction of sp³-hybridized carbons (Fsp3) is 0.467. The maximum Gasteiger partial charge on any atom is 0.328 e. The molecule has 0 radical (unpaired) electrons. The van der Waals surface area contributed by atoms with Gasteiger partial charge in [0.1, 0.15) is 11.9 Å². The number of hydrogen-bond acceptors (Lipinski definition) is 4. The van der Waals surface area contributed by atoms with E-state index >= 15 is 0 Å². The zero-order valence-corrected chi connectivity index (χ0v) is 11.5. The largest absolute Gasteiger partial charge is 0.489 e. The lowest BCUT2D eigenvalue weighted by Gasteiger charge is -2.28. The van der Waals surface area contributed by atoms with Gasteiger partial charge in [0.2, 0.25) is 0 Å². The molecule has 108 valence electrons. The quantitative estimate of drug-likeness (QED) is 0.837. The maximum atomic E-state index is 10.4. The highest BCUT2D eigenvalue weighted by Crippen LogP contribution is 2.25. The number of pyridine rings is 1. The minimum atomic E-state index is -0.986. The SMILES string of the molecule is COC1CCCC(Oc2ccc(C=CC(=O)O)nc2)C1. The lowest BCUT2D eigenvalue weighted by atomic mass is 9.95. The maximum absolute atomic E-state index is 10.4. The summed E-state index contributed by atoms with van der Waals surface area (Å²) in [6.07, 6.45) is 8.70. The Hall–Kier alpha value is -1.88. The van der Waals surface area contributed by atoms with E-state index in [0.717, 1.165) is 31.8 Å². The molecule has 2 unspecified atom stereocenters. The van der Waals surface area contributed by atoms with E-state index < -0.39 is 5.97 Å². The van der Waals surface area contributed by atoms with Crippen LogP contribution < -0.4 is 4.74 Å². The van der Waals surface area contributed by atoms with Gasteiger partial charge < -0.3 is 14.6 Å². The monoisotopic (exact) mass is 277 g/mol. The van der Waals surface area contributed by atoms with E-state index in [9.17, 15) is 4.79 Å². The van der Waals surface area contributed by atoms with Crippen LogP contribution in [0.4, 0.5) is 0 Å². The van der Waals surface area contributed by atoms with Gasteiger partial charge in [-0.05, 0) is 37.5 Å². The van der Waals surface area contributed by atoms with Crippen LogP contribution in [0.25, 0.3) is 6.08 Å². The zero-order chi connectivity index (χ0) is 14.4. The highest BCUT2D eigenvalue weighted by molar-refractivity contribution is 5.84. The van der Waals surface area contributed by atoms with Crippen molar-refractivity contribution in [1.29, 1.82) is 0 Å². The van der Waals surface area contributed by atoms with Crippen molar-refractivity contribution in [2.45, 2.75) is 37.9 Å². The molecule has 1 aliphatic carbocycles. The van der Waals surface area contributed by atoms with Gasteiger partial charge in [-0.3, -0.25) is 4.98 Å². The van der Waals surface area contributed by atoms with Crippen molar-refractivity contribution < 1.29 is 19.4 Å². The summed E-state index contributed by atoms with van der Waals surface area (Å²) < 4.78 is 11.3. The Morgan fingerprint density at radius 2 is 2.20 bits per heavy atom. The second-order valence-corrected chi connectivity index (χ2v) is 4.85. The Morgan fingerprint density at radius 3 is 2.85 bits per heavy atom. The molecule has 1 heterocycles. The molecule has 20 heavy (non-hydrogen) atoms. The van der Waals surface area contributed by atoms with E-state index in [1.807, 2.05) is 6.07 Å². The number of aromatic nitrogens is 1. The number of carboxylic acid groups (broad SMARTS) is 1. The summed E-state index contributed by atoms with van der Waals surface area (Å²) >= 11 is 0. The summed E-state index contributed by atoms with van der Waals surface area (Å²) in [6, 6.07) is 3.55. The van der Waals surface area contributed by atoms with Crippen molar-refractivity contribution >= 4 is 12.0 Å². The Balaban J connectivity index is 1.91. The average Bonchev–Trinajstić information content (AvgIpc) is 2.47. The van der Waals surface area contributed by atoms with Crippen LogP contribution in [0, 0.1) is 0 Å². The van der Waals surface area contributed by atoms with Gasteiger partial charge in [-0.1, -0.05) is 0 Å². The normalized spacial score (nSPS) is 22.9. The molecule has 0 aromatic carbocycles. The molecule has 2 atom stereocenters. The molecule has 5 nitrogen and oxygen atoms in total. The van der Waals surface area contributed by atoms with Crippen LogP contribution >= 0.6 is 0 Å². The summed E-state index contributed by atoms with van der Waals surface area (Å²) in [5.41, 5.74) is 0.596. The zero-order valence-electron chi connectivity index (χ0n) is 11.5. The molecule has 1 aromatic rings. The van der Waals surface area contributed by atoms with E-state index in [2.05, 4.69) is 4.98 Å². The third kappa shape index (κ3) is 4.35. The predicted octanol–water partition coefficient (Wildman–Crippen LogP) is 2.52. The third-order valence-corrected chi connectivity index (χ3v) is 3.37. The summed E-state index contributed by atoms with van der Waals surface area (Å²) in [7, 11) is 1.73. The van der Waals surface area contributed by atoms with Gasteiger partial charge in [0.15, 0.2) is 0 Å². The lowest BCUT2D eigenvalue weighted by molar-refractivity contribution is -0.131. The molecule has 0 bridgehead atoms. The van der Waals surface area contributed by atoms with Crippen molar-refractivity contribution in [3.05, 3.63) is 30.1 Å². The van der Waals surface area contributed by atoms with Crippen LogP contribution in [0.2, 0.25) is 0 Å². The van der Waals surface area contributed by atoms with Crippen LogP contribution in [0.15, 0.2) is 24.4 Å². The lowest BCUT2D eigenvalue weighted by Crippen LogP contribution is -2.29. The first-order valence-electron chi connectivity index (χ1n) is 6.74. The molecular formula is C15H19NO4. The van der Waals surface area contributed by atoms with E-state index in [4.69, 9.17) is 14.6 Å². The highest BCUT2D eigenvalue weighted by Gasteiger charge is 2.22. The molecule has 5 heteroatoms. The molecule has 1 aromatic heterocycles. The topological polar surface area (TPSA) is 68.7 Å². The molecule has 2 rings (SSSR count). The van der Waals surface area contributed by atoms with Crippen molar-refractivity contribution in [2.75, 3.05) is 7.11 Å². The molecule has 0 spiro atoms. The fourth-order valence-electron chi connectivity index (χ4n) is 2.33. The van der Waals surface area contributed by atoms with Gasteiger partial charge in [0, 0.05) is 19.6 Å². The molecule has 1 aliphatic rings. The Bertz CT molecular complexity index is 469. The standard InChI is InChI=1S/C15H19NO4/c1-19-12-3-2-4-13(9-12)20-14-7-5-11(16-10-14)6-8-15(17)18/h5-8,10,12-13H,2-4,9H2,1H3,(H,17,18). The molecule has 0 saturated heterocycles.